The van der Waals surface area contributed by atoms with Gasteiger partial charge >= 0.3 is 0 Å². The molecule has 0 spiro atoms. The number of ether oxygens (including phenoxy) is 1. The molecule has 2 N–H and O–H groups in total. The molecule has 0 saturated carbocycles. The number of nitrogen functional groups attached to an aromatic ring is 1. The second-order valence-corrected chi connectivity index (χ2v) is 4.19. The Hall–Kier alpha value is -0.750. The number of thioether (sulfide) groups is 1. The Morgan fingerprint density at radius 3 is 2.77 bits per heavy atom. The lowest BCUT2D eigenvalue weighted by molar-refractivity contribution is 0.203. The Morgan fingerprint density at radius 1 is 1.62 bits per heavy atom. The van der Waals surface area contributed by atoms with Crippen LogP contribution in [0.1, 0.15) is 6.92 Å². The summed E-state index contributed by atoms with van der Waals surface area (Å²) in [6.07, 6.45) is 0. The average Bonchev–Trinajstić information content (AvgIpc) is 2.37. The summed E-state index contributed by atoms with van der Waals surface area (Å²) >= 11 is 1.60. The molecule has 0 aliphatic rings. The summed E-state index contributed by atoms with van der Waals surface area (Å²) in [5.74, 6) is 0.437. The molecule has 6 heteroatoms. The van der Waals surface area contributed by atoms with Crippen molar-refractivity contribution in [3.8, 4) is 0 Å². The smallest absolute Gasteiger partial charge is 0.222 e. The van der Waals surface area contributed by atoms with Gasteiger partial charge < -0.3 is 10.5 Å². The van der Waals surface area contributed by atoms with Gasteiger partial charge in [-0.05, 0) is 0 Å². The van der Waals surface area contributed by atoms with Crippen molar-refractivity contribution in [1.29, 1.82) is 0 Å². The second kappa shape index (κ2) is 4.48. The summed E-state index contributed by atoms with van der Waals surface area (Å²) in [6.45, 7) is 2.76. The number of nitrogens with zero attached hydrogens (tertiary/aromatic N) is 3. The number of hydrogen-bond acceptors (Lipinski definition) is 5. The second-order valence-electron chi connectivity index (χ2n) is 2.78. The van der Waals surface area contributed by atoms with E-state index in [1.54, 1.807) is 23.4 Å². The maximum absolute atomic E-state index is 5.54. The minimum Gasteiger partial charge on any atom is -0.384 e. The van der Waals surface area contributed by atoms with Crippen molar-refractivity contribution in [2.75, 3.05) is 19.5 Å². The lowest BCUT2D eigenvalue weighted by Gasteiger charge is -2.08. The Balaban J connectivity index is 2.58. The molecule has 5 nitrogen and oxygen atoms in total. The van der Waals surface area contributed by atoms with Crippen LogP contribution in [0.3, 0.4) is 0 Å². The van der Waals surface area contributed by atoms with Crippen LogP contribution in [0, 0.1) is 0 Å². The standard InChI is InChI=1S/C7H14N4OS/c1-5(4-12-3)13-7-10-9-6(8)11(7)2/h5H,4H2,1-3H3,(H2,8,9). The molecule has 1 aromatic rings. The fourth-order valence-electron chi connectivity index (χ4n) is 0.877. The minimum absolute atomic E-state index is 0.354. The predicted molar refractivity (Wildman–Crippen MR) is 52.6 cm³/mol. The number of rotatable bonds is 4. The van der Waals surface area contributed by atoms with Crippen molar-refractivity contribution in [2.45, 2.75) is 17.3 Å². The van der Waals surface area contributed by atoms with Crippen molar-refractivity contribution < 1.29 is 4.74 Å². The molecule has 0 aliphatic carbocycles. The van der Waals surface area contributed by atoms with Gasteiger partial charge in [0.05, 0.1) is 6.61 Å². The van der Waals surface area contributed by atoms with E-state index >= 15 is 0 Å². The number of nitrogens with two attached hydrogens (primary N) is 1. The first-order valence-corrected chi connectivity index (χ1v) is 4.83. The van der Waals surface area contributed by atoms with Gasteiger partial charge in [0.2, 0.25) is 5.95 Å². The van der Waals surface area contributed by atoms with Crippen molar-refractivity contribution in [3.63, 3.8) is 0 Å². The van der Waals surface area contributed by atoms with Crippen LogP contribution in [0.5, 0.6) is 0 Å². The Kier molecular flexibility index (Phi) is 3.56. The van der Waals surface area contributed by atoms with E-state index in [0.717, 1.165) is 5.16 Å². The zero-order valence-electron chi connectivity index (χ0n) is 8.02. The maximum atomic E-state index is 5.54. The highest BCUT2D eigenvalue weighted by Crippen LogP contribution is 2.21. The van der Waals surface area contributed by atoms with Crippen LogP contribution in [-0.2, 0) is 11.8 Å². The van der Waals surface area contributed by atoms with Gasteiger partial charge in [0.15, 0.2) is 5.16 Å². The summed E-state index contributed by atoms with van der Waals surface area (Å²) in [6, 6.07) is 0. The lowest BCUT2D eigenvalue weighted by atomic mass is 10.5. The van der Waals surface area contributed by atoms with E-state index in [2.05, 4.69) is 17.1 Å². The van der Waals surface area contributed by atoms with E-state index in [1.165, 1.54) is 0 Å². The largest absolute Gasteiger partial charge is 0.384 e. The number of hydrogen-bond donors (Lipinski definition) is 1. The van der Waals surface area contributed by atoms with E-state index in [9.17, 15) is 0 Å². The normalized spacial score (nSPS) is 13.2. The number of anilines is 1. The molecule has 1 rings (SSSR count). The van der Waals surface area contributed by atoms with Crippen LogP contribution in [0.25, 0.3) is 0 Å². The molecule has 0 saturated heterocycles. The summed E-state index contributed by atoms with van der Waals surface area (Å²) in [5.41, 5.74) is 5.54. The van der Waals surface area contributed by atoms with Crippen molar-refractivity contribution in [1.82, 2.24) is 14.8 Å². The molecule has 1 aromatic heterocycles. The molecule has 1 heterocycles. The van der Waals surface area contributed by atoms with Crippen LogP contribution in [-0.4, -0.2) is 33.7 Å². The first kappa shape index (κ1) is 10.3. The van der Waals surface area contributed by atoms with Gasteiger partial charge in [-0.2, -0.15) is 0 Å². The van der Waals surface area contributed by atoms with E-state index < -0.39 is 0 Å². The zero-order valence-corrected chi connectivity index (χ0v) is 8.84. The quantitative estimate of drug-likeness (QED) is 0.721. The Bertz CT molecular complexity index is 275. The van der Waals surface area contributed by atoms with E-state index in [1.807, 2.05) is 7.05 Å². The molecule has 0 radical (unpaired) electrons. The first-order valence-electron chi connectivity index (χ1n) is 3.95. The average molecular weight is 202 g/mol. The third kappa shape index (κ3) is 2.60. The highest BCUT2D eigenvalue weighted by atomic mass is 32.2. The third-order valence-electron chi connectivity index (χ3n) is 1.58. The molecule has 0 amide bonds. The Labute approximate surface area is 81.7 Å². The SMILES string of the molecule is COCC(C)Sc1nnc(N)n1C. The number of aromatic nitrogens is 3. The third-order valence-corrected chi connectivity index (χ3v) is 2.68. The zero-order chi connectivity index (χ0) is 9.84. The molecular weight excluding hydrogens is 188 g/mol. The van der Waals surface area contributed by atoms with Gasteiger partial charge in [-0.3, -0.25) is 4.57 Å². The fraction of sp³-hybridized carbons (Fsp3) is 0.714. The summed E-state index contributed by atoms with van der Waals surface area (Å²) in [4.78, 5) is 0. The van der Waals surface area contributed by atoms with Crippen LogP contribution in [0.4, 0.5) is 5.95 Å². The predicted octanol–water partition coefficient (Wildman–Crippen LogP) is 0.524. The molecule has 1 unspecified atom stereocenters. The molecule has 0 fully saturated rings. The summed E-state index contributed by atoms with van der Waals surface area (Å²) < 4.78 is 6.77. The van der Waals surface area contributed by atoms with Crippen LogP contribution < -0.4 is 5.73 Å². The fourth-order valence-corrected chi connectivity index (χ4v) is 1.78. The monoisotopic (exact) mass is 202 g/mol. The highest BCUT2D eigenvalue weighted by molar-refractivity contribution is 7.99. The lowest BCUT2D eigenvalue weighted by Crippen LogP contribution is -2.07. The van der Waals surface area contributed by atoms with Crippen LogP contribution >= 0.6 is 11.8 Å². The van der Waals surface area contributed by atoms with Crippen LogP contribution in [0.15, 0.2) is 5.16 Å². The van der Waals surface area contributed by atoms with Gasteiger partial charge in [-0.1, -0.05) is 18.7 Å². The molecule has 0 bridgehead atoms. The highest BCUT2D eigenvalue weighted by Gasteiger charge is 2.10. The minimum atomic E-state index is 0.354. The molecule has 74 valence electrons. The van der Waals surface area contributed by atoms with E-state index in [4.69, 9.17) is 10.5 Å². The van der Waals surface area contributed by atoms with E-state index in [0.29, 0.717) is 17.8 Å². The molecule has 0 aromatic carbocycles. The number of methoxy groups -OCH3 is 1. The van der Waals surface area contributed by atoms with Gasteiger partial charge in [0, 0.05) is 19.4 Å². The first-order chi connectivity index (χ1) is 6.15. The summed E-state index contributed by atoms with van der Waals surface area (Å²) in [5, 5.41) is 8.87. The topological polar surface area (TPSA) is 66.0 Å². The summed E-state index contributed by atoms with van der Waals surface area (Å²) in [7, 11) is 3.53. The van der Waals surface area contributed by atoms with Gasteiger partial charge in [-0.15, -0.1) is 10.2 Å². The Morgan fingerprint density at radius 2 is 2.31 bits per heavy atom. The van der Waals surface area contributed by atoms with Gasteiger partial charge in [0.25, 0.3) is 0 Å². The molecular formula is C7H14N4OS. The van der Waals surface area contributed by atoms with Crippen molar-refractivity contribution in [2.24, 2.45) is 7.05 Å². The van der Waals surface area contributed by atoms with Crippen molar-refractivity contribution in [3.05, 3.63) is 0 Å². The van der Waals surface area contributed by atoms with Gasteiger partial charge in [0.1, 0.15) is 0 Å². The maximum Gasteiger partial charge on any atom is 0.222 e. The van der Waals surface area contributed by atoms with Crippen molar-refractivity contribution >= 4 is 17.7 Å². The van der Waals surface area contributed by atoms with Crippen LogP contribution in [0.2, 0.25) is 0 Å². The van der Waals surface area contributed by atoms with Gasteiger partial charge in [-0.25, -0.2) is 0 Å². The molecule has 1 atom stereocenters. The molecule has 13 heavy (non-hydrogen) atoms. The van der Waals surface area contributed by atoms with E-state index in [-0.39, 0.29) is 0 Å². The molecule has 0 aliphatic heterocycles.